The normalized spacial score (nSPS) is 10.8. The van der Waals surface area contributed by atoms with E-state index in [2.05, 4.69) is 31.6 Å². The zero-order valence-electron chi connectivity index (χ0n) is 18.4. The van der Waals surface area contributed by atoms with Crippen molar-refractivity contribution in [2.45, 2.75) is 26.7 Å². The molecule has 0 saturated heterocycles. The number of nitrogens with one attached hydrogen (secondary N) is 1. The summed E-state index contributed by atoms with van der Waals surface area (Å²) in [5.41, 5.74) is 5.09. The van der Waals surface area contributed by atoms with Crippen molar-refractivity contribution in [3.05, 3.63) is 59.3 Å². The molecule has 10 nitrogen and oxygen atoms in total. The molecule has 0 aliphatic heterocycles. The lowest BCUT2D eigenvalue weighted by Crippen LogP contribution is -2.14. The summed E-state index contributed by atoms with van der Waals surface area (Å²) in [4.78, 5) is 23.2. The lowest BCUT2D eigenvalue weighted by atomic mass is 10.1. The molecule has 0 radical (unpaired) electrons. The van der Waals surface area contributed by atoms with E-state index in [1.807, 2.05) is 57.1 Å². The van der Waals surface area contributed by atoms with Crippen molar-refractivity contribution < 1.29 is 4.79 Å². The van der Waals surface area contributed by atoms with Crippen LogP contribution in [0.15, 0.2) is 36.8 Å². The van der Waals surface area contributed by atoms with E-state index in [-0.39, 0.29) is 5.91 Å². The van der Waals surface area contributed by atoms with Gasteiger partial charge in [-0.2, -0.15) is 15.3 Å². The first-order valence-corrected chi connectivity index (χ1v) is 10.1. The average molecular weight is 429 g/mol. The lowest BCUT2D eigenvalue weighted by molar-refractivity contribution is -0.116. The monoisotopic (exact) mass is 429 g/mol. The molecular weight excluding hydrogens is 406 g/mol. The summed E-state index contributed by atoms with van der Waals surface area (Å²) in [7, 11) is 3.75. The molecule has 1 amide bonds. The third-order valence-corrected chi connectivity index (χ3v) is 5.21. The number of nitrogens with zero attached hydrogens (tertiary/aromatic N) is 8. The number of aromatic nitrogens is 6. The van der Waals surface area contributed by atoms with E-state index < -0.39 is 0 Å². The standard InChI is InChI=1S/C22H23N9O/c1-14-19(15(2)31-21(26-14)16(11-23)12-25-31)8-9-20(32)27-17-6-5-7-18(10-17)30-13-24-22(28-30)29(3)4/h5-7,10,12-13H,8-9H2,1-4H3,(H,27,32). The number of aryl methyl sites for hydroxylation is 2. The van der Waals surface area contributed by atoms with E-state index >= 15 is 0 Å². The fraction of sp³-hybridized carbons (Fsp3) is 0.273. The number of carbonyl (C=O) groups excluding carboxylic acids is 1. The molecule has 1 aromatic carbocycles. The largest absolute Gasteiger partial charge is 0.346 e. The second-order valence-electron chi connectivity index (χ2n) is 7.65. The predicted octanol–water partition coefficient (Wildman–Crippen LogP) is 2.44. The fourth-order valence-corrected chi connectivity index (χ4v) is 3.52. The Bertz CT molecular complexity index is 1340. The van der Waals surface area contributed by atoms with Gasteiger partial charge in [0.05, 0.1) is 11.9 Å². The number of nitriles is 1. The maximum absolute atomic E-state index is 12.6. The first-order chi connectivity index (χ1) is 15.4. The van der Waals surface area contributed by atoms with Crippen LogP contribution in [0.5, 0.6) is 0 Å². The minimum atomic E-state index is -0.105. The highest BCUT2D eigenvalue weighted by Gasteiger charge is 2.15. The summed E-state index contributed by atoms with van der Waals surface area (Å²) in [5.74, 6) is 0.502. The van der Waals surface area contributed by atoms with Crippen LogP contribution in [0.2, 0.25) is 0 Å². The molecule has 162 valence electrons. The van der Waals surface area contributed by atoms with Gasteiger partial charge < -0.3 is 10.2 Å². The van der Waals surface area contributed by atoms with Crippen LogP contribution >= 0.6 is 0 Å². The van der Waals surface area contributed by atoms with Gasteiger partial charge in [-0.1, -0.05) is 6.07 Å². The zero-order valence-corrected chi connectivity index (χ0v) is 18.4. The van der Waals surface area contributed by atoms with Gasteiger partial charge in [0.15, 0.2) is 5.65 Å². The smallest absolute Gasteiger partial charge is 0.244 e. The average Bonchev–Trinajstić information content (AvgIpc) is 3.41. The van der Waals surface area contributed by atoms with Gasteiger partial charge in [-0.15, -0.1) is 5.10 Å². The van der Waals surface area contributed by atoms with Crippen LogP contribution in [0.4, 0.5) is 11.6 Å². The van der Waals surface area contributed by atoms with E-state index in [0.717, 1.165) is 22.6 Å². The fourth-order valence-electron chi connectivity index (χ4n) is 3.52. The second-order valence-corrected chi connectivity index (χ2v) is 7.65. The predicted molar refractivity (Wildman–Crippen MR) is 120 cm³/mol. The van der Waals surface area contributed by atoms with Crippen LogP contribution in [-0.2, 0) is 11.2 Å². The van der Waals surface area contributed by atoms with Crippen LogP contribution in [0.1, 0.15) is 28.9 Å². The highest BCUT2D eigenvalue weighted by atomic mass is 16.1. The van der Waals surface area contributed by atoms with Gasteiger partial charge in [0.25, 0.3) is 0 Å². The zero-order chi connectivity index (χ0) is 22.8. The summed E-state index contributed by atoms with van der Waals surface area (Å²) in [6.07, 6.45) is 3.95. The molecule has 0 fully saturated rings. The van der Waals surface area contributed by atoms with E-state index in [4.69, 9.17) is 0 Å². The van der Waals surface area contributed by atoms with Crippen LogP contribution in [0.25, 0.3) is 11.3 Å². The Kier molecular flexibility index (Phi) is 5.55. The van der Waals surface area contributed by atoms with Gasteiger partial charge in [-0.05, 0) is 44.0 Å². The number of hydrogen-bond acceptors (Lipinski definition) is 7. The number of rotatable bonds is 6. The quantitative estimate of drug-likeness (QED) is 0.500. The van der Waals surface area contributed by atoms with E-state index in [1.54, 1.807) is 15.5 Å². The molecule has 0 atom stereocenters. The van der Waals surface area contributed by atoms with E-state index in [1.165, 1.54) is 6.20 Å². The van der Waals surface area contributed by atoms with Gasteiger partial charge in [0.2, 0.25) is 11.9 Å². The summed E-state index contributed by atoms with van der Waals surface area (Å²) in [6, 6.07) is 9.55. The van der Waals surface area contributed by atoms with Crippen LogP contribution in [0.3, 0.4) is 0 Å². The molecule has 1 N–H and O–H groups in total. The summed E-state index contributed by atoms with van der Waals surface area (Å²) < 4.78 is 3.32. The molecule has 0 unspecified atom stereocenters. The van der Waals surface area contributed by atoms with Crippen molar-refractivity contribution in [1.29, 1.82) is 5.26 Å². The summed E-state index contributed by atoms with van der Waals surface area (Å²) in [5, 5.41) is 20.8. The van der Waals surface area contributed by atoms with Gasteiger partial charge >= 0.3 is 0 Å². The Hall–Kier alpha value is -4.26. The van der Waals surface area contributed by atoms with Crippen molar-refractivity contribution in [3.63, 3.8) is 0 Å². The molecule has 0 spiro atoms. The molecule has 0 bridgehead atoms. The molecular formula is C22H23N9O. The number of anilines is 2. The Balaban J connectivity index is 1.46. The molecule has 4 rings (SSSR count). The molecule has 0 saturated carbocycles. The summed E-state index contributed by atoms with van der Waals surface area (Å²) in [6.45, 7) is 3.81. The van der Waals surface area contributed by atoms with Gasteiger partial charge in [-0.25, -0.2) is 14.2 Å². The minimum Gasteiger partial charge on any atom is -0.346 e. The van der Waals surface area contributed by atoms with Gasteiger partial charge in [0.1, 0.15) is 18.0 Å². The Morgan fingerprint density at radius 2 is 2.09 bits per heavy atom. The number of carbonyl (C=O) groups is 1. The molecule has 10 heteroatoms. The van der Waals surface area contributed by atoms with Gasteiger partial charge in [0, 0.05) is 37.6 Å². The molecule has 0 aliphatic rings. The van der Waals surface area contributed by atoms with Crippen molar-refractivity contribution in [2.75, 3.05) is 24.3 Å². The third-order valence-electron chi connectivity index (χ3n) is 5.21. The molecule has 4 aromatic rings. The minimum absolute atomic E-state index is 0.105. The molecule has 0 aliphatic carbocycles. The lowest BCUT2D eigenvalue weighted by Gasteiger charge is -2.12. The maximum Gasteiger partial charge on any atom is 0.244 e. The highest BCUT2D eigenvalue weighted by molar-refractivity contribution is 5.91. The first-order valence-electron chi connectivity index (χ1n) is 10.1. The highest BCUT2D eigenvalue weighted by Crippen LogP contribution is 2.19. The van der Waals surface area contributed by atoms with Crippen molar-refractivity contribution in [3.8, 4) is 11.8 Å². The van der Waals surface area contributed by atoms with E-state index in [9.17, 15) is 10.1 Å². The topological polar surface area (TPSA) is 117 Å². The Morgan fingerprint density at radius 1 is 1.28 bits per heavy atom. The Labute approximate surface area is 185 Å². The third kappa shape index (κ3) is 4.00. The number of benzene rings is 1. The number of amides is 1. The van der Waals surface area contributed by atoms with Crippen molar-refractivity contribution in [2.24, 2.45) is 0 Å². The van der Waals surface area contributed by atoms with Crippen LogP contribution in [-0.4, -0.2) is 49.4 Å². The van der Waals surface area contributed by atoms with Crippen LogP contribution in [0, 0.1) is 25.2 Å². The first kappa shape index (κ1) is 21.0. The van der Waals surface area contributed by atoms with Crippen molar-refractivity contribution in [1.82, 2.24) is 29.4 Å². The molecule has 32 heavy (non-hydrogen) atoms. The molecule has 3 heterocycles. The van der Waals surface area contributed by atoms with Crippen molar-refractivity contribution >= 4 is 23.2 Å². The maximum atomic E-state index is 12.6. The molecule has 3 aromatic heterocycles. The van der Waals surface area contributed by atoms with Gasteiger partial charge in [-0.3, -0.25) is 4.79 Å². The number of fused-ring (bicyclic) bond motifs is 1. The second kappa shape index (κ2) is 8.47. The van der Waals surface area contributed by atoms with Crippen LogP contribution < -0.4 is 10.2 Å². The number of hydrogen-bond donors (Lipinski definition) is 1. The Morgan fingerprint density at radius 3 is 2.81 bits per heavy atom. The SMILES string of the molecule is Cc1nc2c(C#N)cnn2c(C)c1CCC(=O)Nc1cccc(-n2cnc(N(C)C)n2)c1. The summed E-state index contributed by atoms with van der Waals surface area (Å²) >= 11 is 0. The van der Waals surface area contributed by atoms with E-state index in [0.29, 0.717) is 35.7 Å².